The topological polar surface area (TPSA) is 85.3 Å². The van der Waals surface area contributed by atoms with E-state index in [0.29, 0.717) is 32.1 Å². The minimum Gasteiger partial charge on any atom is -0.465 e. The van der Waals surface area contributed by atoms with E-state index >= 15 is 0 Å². The van der Waals surface area contributed by atoms with Crippen LogP contribution in [0.15, 0.2) is 0 Å². The summed E-state index contributed by atoms with van der Waals surface area (Å²) in [6, 6.07) is 0. The van der Waals surface area contributed by atoms with Gasteiger partial charge in [0.2, 0.25) is 0 Å². The average molecular weight is 652 g/mol. The molecule has 7 atom stereocenters. The molecule has 0 amide bonds. The van der Waals surface area contributed by atoms with Crippen LogP contribution in [-0.2, 0) is 23.8 Å². The third-order valence-electron chi connectivity index (χ3n) is 10.7. The number of hydrogen-bond acceptors (Lipinski definition) is 7. The first-order chi connectivity index (χ1) is 22.3. The molecule has 1 N–H and O–H groups in total. The molecule has 0 radical (unpaired) electrons. The maximum Gasteiger partial charge on any atom is 0.307 e. The molecule has 2 saturated carbocycles. The summed E-state index contributed by atoms with van der Waals surface area (Å²) in [5, 5.41) is 10.2. The van der Waals surface area contributed by atoms with Gasteiger partial charge in [-0.2, -0.15) is 0 Å². The summed E-state index contributed by atoms with van der Waals surface area (Å²) in [6.45, 7) is 7.97. The second-order valence-corrected chi connectivity index (χ2v) is 15.0. The van der Waals surface area contributed by atoms with Gasteiger partial charge < -0.3 is 24.2 Å². The molecule has 270 valence electrons. The minimum atomic E-state index is -1.09. The Morgan fingerprint density at radius 2 is 1.30 bits per heavy atom. The van der Waals surface area contributed by atoms with E-state index in [0.717, 1.165) is 43.4 Å². The molecule has 0 aliphatic heterocycles. The second-order valence-electron chi connectivity index (χ2n) is 15.0. The SMILES string of the molecule is CCCCCCCCC1CC1CCCCCCCCOC(O)COC(=O)CC(CC)C(COC(=O)CCN(C)C)CC1CC1CC. The van der Waals surface area contributed by atoms with Crippen molar-refractivity contribution in [3.05, 3.63) is 0 Å². The Balaban J connectivity index is 1.50. The van der Waals surface area contributed by atoms with Crippen molar-refractivity contribution in [1.29, 1.82) is 0 Å². The minimum absolute atomic E-state index is 0.0844. The monoisotopic (exact) mass is 652 g/mol. The number of ether oxygens (including phenoxy) is 3. The molecule has 2 fully saturated rings. The molecule has 0 aromatic heterocycles. The van der Waals surface area contributed by atoms with Gasteiger partial charge in [-0.25, -0.2) is 0 Å². The normalized spacial score (nSPS) is 22.4. The molecule has 46 heavy (non-hydrogen) atoms. The van der Waals surface area contributed by atoms with E-state index in [1.165, 1.54) is 96.3 Å². The first-order valence-corrected chi connectivity index (χ1v) is 19.5. The van der Waals surface area contributed by atoms with Gasteiger partial charge in [0.05, 0.1) is 13.0 Å². The van der Waals surface area contributed by atoms with E-state index in [9.17, 15) is 14.7 Å². The smallest absolute Gasteiger partial charge is 0.307 e. The van der Waals surface area contributed by atoms with Gasteiger partial charge in [0, 0.05) is 19.6 Å². The Kier molecular flexibility index (Phi) is 22.2. The van der Waals surface area contributed by atoms with Crippen LogP contribution in [-0.4, -0.2) is 68.7 Å². The third-order valence-corrected chi connectivity index (χ3v) is 10.7. The number of carbonyl (C=O) groups is 2. The van der Waals surface area contributed by atoms with Gasteiger partial charge in [-0.1, -0.05) is 117 Å². The lowest BCUT2D eigenvalue weighted by Crippen LogP contribution is -2.28. The van der Waals surface area contributed by atoms with Crippen LogP contribution in [0, 0.1) is 35.5 Å². The number of nitrogens with zero attached hydrogens (tertiary/aromatic N) is 1. The van der Waals surface area contributed by atoms with Crippen LogP contribution in [0.2, 0.25) is 0 Å². The molecule has 2 aliphatic carbocycles. The van der Waals surface area contributed by atoms with E-state index in [1.807, 2.05) is 19.0 Å². The lowest BCUT2D eigenvalue weighted by molar-refractivity contribution is -0.167. The van der Waals surface area contributed by atoms with Crippen LogP contribution >= 0.6 is 0 Å². The fourth-order valence-corrected chi connectivity index (χ4v) is 7.24. The van der Waals surface area contributed by atoms with Gasteiger partial charge in [-0.05, 0) is 75.3 Å². The van der Waals surface area contributed by atoms with E-state index in [-0.39, 0.29) is 36.8 Å². The number of aliphatic hydroxyl groups excluding tert-OH is 1. The summed E-state index contributed by atoms with van der Waals surface area (Å²) >= 11 is 0. The largest absolute Gasteiger partial charge is 0.465 e. The highest BCUT2D eigenvalue weighted by Gasteiger charge is 2.39. The van der Waals surface area contributed by atoms with Crippen LogP contribution in [0.5, 0.6) is 0 Å². The van der Waals surface area contributed by atoms with Crippen LogP contribution in [0.3, 0.4) is 0 Å². The van der Waals surface area contributed by atoms with Gasteiger partial charge in [0.25, 0.3) is 0 Å². The molecular formula is C39H73NO6. The Labute approximate surface area is 283 Å². The molecule has 7 nitrogen and oxygen atoms in total. The Hall–Kier alpha value is -1.18. The van der Waals surface area contributed by atoms with Crippen LogP contribution in [0.1, 0.15) is 156 Å². The van der Waals surface area contributed by atoms with E-state index < -0.39 is 6.29 Å². The van der Waals surface area contributed by atoms with Crippen molar-refractivity contribution in [3.8, 4) is 0 Å². The van der Waals surface area contributed by atoms with E-state index in [1.54, 1.807) is 0 Å². The molecule has 7 heteroatoms. The quantitative estimate of drug-likeness (QED) is 0.0455. The van der Waals surface area contributed by atoms with E-state index in [4.69, 9.17) is 14.2 Å². The fraction of sp³-hybridized carbons (Fsp3) is 0.949. The van der Waals surface area contributed by atoms with Crippen LogP contribution < -0.4 is 0 Å². The average Bonchev–Trinajstić information content (AvgIpc) is 3.97. The lowest BCUT2D eigenvalue weighted by atomic mass is 9.83. The van der Waals surface area contributed by atoms with Crippen molar-refractivity contribution in [2.24, 2.45) is 35.5 Å². The summed E-state index contributed by atoms with van der Waals surface area (Å²) in [7, 11) is 3.88. The first-order valence-electron chi connectivity index (χ1n) is 19.5. The zero-order chi connectivity index (χ0) is 33.6. The predicted molar refractivity (Wildman–Crippen MR) is 187 cm³/mol. The molecule has 0 bridgehead atoms. The Morgan fingerprint density at radius 1 is 0.717 bits per heavy atom. The van der Waals surface area contributed by atoms with Gasteiger partial charge in [-0.3, -0.25) is 9.59 Å². The number of carbonyl (C=O) groups excluding carboxylic acids is 2. The van der Waals surface area contributed by atoms with Gasteiger partial charge in [-0.15, -0.1) is 0 Å². The van der Waals surface area contributed by atoms with Crippen molar-refractivity contribution in [2.45, 2.75) is 162 Å². The number of unbranched alkanes of at least 4 members (excludes halogenated alkanes) is 10. The highest BCUT2D eigenvalue weighted by atomic mass is 16.6. The Bertz CT molecular complexity index is 790. The molecule has 7 unspecified atom stereocenters. The summed E-state index contributed by atoms with van der Waals surface area (Å²) in [5.74, 6) is 3.20. The summed E-state index contributed by atoms with van der Waals surface area (Å²) in [5.41, 5.74) is 0. The standard InChI is InChI=1S/C39H73NO6/c1-6-9-10-11-14-17-20-33-26-34(33)21-18-15-12-13-16-19-24-44-39(43)30-46-38(42)28-32(8-3)36(27-35-25-31(35)7-2)29-45-37(41)22-23-40(4)5/h31-36,39,43H,6-30H2,1-5H3. The van der Waals surface area contributed by atoms with Crippen molar-refractivity contribution in [1.82, 2.24) is 4.90 Å². The fourth-order valence-electron chi connectivity index (χ4n) is 7.24. The summed E-state index contributed by atoms with van der Waals surface area (Å²) in [4.78, 5) is 27.0. The van der Waals surface area contributed by atoms with Crippen LogP contribution in [0.4, 0.5) is 0 Å². The maximum absolute atomic E-state index is 12.7. The number of hydrogen-bond donors (Lipinski definition) is 1. The molecule has 0 aromatic carbocycles. The third kappa shape index (κ3) is 19.6. The molecule has 0 heterocycles. The highest BCUT2D eigenvalue weighted by molar-refractivity contribution is 5.70. The lowest BCUT2D eigenvalue weighted by Gasteiger charge is -2.26. The first kappa shape index (κ1) is 41.0. The number of aliphatic hydroxyl groups is 1. The number of rotatable bonds is 31. The summed E-state index contributed by atoms with van der Waals surface area (Å²) in [6.07, 6.45) is 23.9. The highest BCUT2D eigenvalue weighted by Crippen LogP contribution is 2.47. The van der Waals surface area contributed by atoms with Gasteiger partial charge >= 0.3 is 11.9 Å². The van der Waals surface area contributed by atoms with Crippen molar-refractivity contribution in [3.63, 3.8) is 0 Å². The molecule has 2 rings (SSSR count). The maximum atomic E-state index is 12.7. The number of esters is 2. The van der Waals surface area contributed by atoms with Crippen molar-refractivity contribution < 1.29 is 28.9 Å². The molecular weight excluding hydrogens is 578 g/mol. The second kappa shape index (κ2) is 24.9. The van der Waals surface area contributed by atoms with Gasteiger partial charge in [0.1, 0.15) is 6.61 Å². The zero-order valence-corrected chi connectivity index (χ0v) is 30.7. The molecule has 0 saturated heterocycles. The predicted octanol–water partition coefficient (Wildman–Crippen LogP) is 8.95. The summed E-state index contributed by atoms with van der Waals surface area (Å²) < 4.78 is 16.6. The molecule has 0 aromatic rings. The van der Waals surface area contributed by atoms with E-state index in [2.05, 4.69) is 20.8 Å². The zero-order valence-electron chi connectivity index (χ0n) is 30.7. The molecule has 0 spiro atoms. The Morgan fingerprint density at radius 3 is 1.89 bits per heavy atom. The van der Waals surface area contributed by atoms with Crippen molar-refractivity contribution >= 4 is 11.9 Å². The van der Waals surface area contributed by atoms with Gasteiger partial charge in [0.15, 0.2) is 6.29 Å². The molecule has 2 aliphatic rings. The van der Waals surface area contributed by atoms with Crippen molar-refractivity contribution in [2.75, 3.05) is 40.5 Å². The van der Waals surface area contributed by atoms with Crippen LogP contribution in [0.25, 0.3) is 0 Å².